The standard InChI is InChI=1S/C17H12ClN5O2S/c18-10-3-1-4-11(7-10)19-16(24)9-15-20-21-17(25)13-8-12(22-23(13)15)14-5-2-6-26-14/h1-8H,9H2,(H,19,24)(H,21,25). The summed E-state index contributed by atoms with van der Waals surface area (Å²) in [7, 11) is 0. The number of nitrogens with one attached hydrogen (secondary N) is 2. The molecule has 3 aromatic heterocycles. The molecule has 1 aromatic carbocycles. The van der Waals surface area contributed by atoms with Gasteiger partial charge in [0.05, 0.1) is 11.3 Å². The van der Waals surface area contributed by atoms with E-state index in [-0.39, 0.29) is 17.9 Å². The van der Waals surface area contributed by atoms with Crippen molar-refractivity contribution in [1.29, 1.82) is 0 Å². The quantitative estimate of drug-likeness (QED) is 0.565. The maximum absolute atomic E-state index is 12.3. The van der Waals surface area contributed by atoms with Crippen molar-refractivity contribution in [2.45, 2.75) is 6.42 Å². The zero-order valence-corrected chi connectivity index (χ0v) is 14.8. The molecule has 0 spiro atoms. The fraction of sp³-hybridized carbons (Fsp3) is 0.0588. The summed E-state index contributed by atoms with van der Waals surface area (Å²) >= 11 is 7.44. The van der Waals surface area contributed by atoms with E-state index in [4.69, 9.17) is 11.6 Å². The minimum absolute atomic E-state index is 0.0502. The Morgan fingerprint density at radius 2 is 2.15 bits per heavy atom. The number of halogens is 1. The van der Waals surface area contributed by atoms with Crippen LogP contribution < -0.4 is 10.9 Å². The van der Waals surface area contributed by atoms with Gasteiger partial charge >= 0.3 is 0 Å². The lowest BCUT2D eigenvalue weighted by Gasteiger charge is -2.06. The van der Waals surface area contributed by atoms with E-state index in [0.29, 0.717) is 27.7 Å². The molecule has 0 bridgehead atoms. The molecule has 0 unspecified atom stereocenters. The van der Waals surface area contributed by atoms with Gasteiger partial charge in [0.25, 0.3) is 5.56 Å². The van der Waals surface area contributed by atoms with E-state index in [9.17, 15) is 9.59 Å². The van der Waals surface area contributed by atoms with Gasteiger partial charge in [0.1, 0.15) is 11.2 Å². The van der Waals surface area contributed by atoms with Gasteiger partial charge in [0.15, 0.2) is 5.82 Å². The summed E-state index contributed by atoms with van der Waals surface area (Å²) in [5, 5.41) is 16.0. The summed E-state index contributed by atoms with van der Waals surface area (Å²) in [6.07, 6.45) is -0.0502. The van der Waals surface area contributed by atoms with Crippen LogP contribution in [-0.2, 0) is 11.2 Å². The minimum Gasteiger partial charge on any atom is -0.326 e. The van der Waals surface area contributed by atoms with Crippen LogP contribution in [-0.4, -0.2) is 25.7 Å². The number of H-pyrrole nitrogens is 1. The Morgan fingerprint density at radius 1 is 1.27 bits per heavy atom. The zero-order chi connectivity index (χ0) is 18.1. The van der Waals surface area contributed by atoms with E-state index in [1.54, 1.807) is 30.3 Å². The van der Waals surface area contributed by atoms with Crippen molar-refractivity contribution in [2.24, 2.45) is 0 Å². The van der Waals surface area contributed by atoms with Crippen LogP contribution in [0, 0.1) is 0 Å². The first-order chi connectivity index (χ1) is 12.6. The van der Waals surface area contributed by atoms with Gasteiger partial charge in [-0.25, -0.2) is 9.61 Å². The van der Waals surface area contributed by atoms with Crippen molar-refractivity contribution in [3.05, 3.63) is 69.0 Å². The van der Waals surface area contributed by atoms with E-state index in [1.807, 2.05) is 17.5 Å². The van der Waals surface area contributed by atoms with E-state index in [0.717, 1.165) is 4.88 Å². The van der Waals surface area contributed by atoms with Crippen molar-refractivity contribution in [1.82, 2.24) is 19.8 Å². The summed E-state index contributed by atoms with van der Waals surface area (Å²) in [6, 6.07) is 12.4. The van der Waals surface area contributed by atoms with Crippen molar-refractivity contribution in [3.63, 3.8) is 0 Å². The first-order valence-electron chi connectivity index (χ1n) is 7.67. The predicted molar refractivity (Wildman–Crippen MR) is 101 cm³/mol. The Balaban J connectivity index is 1.65. The highest BCUT2D eigenvalue weighted by atomic mass is 35.5. The number of aromatic nitrogens is 4. The number of nitrogens with zero attached hydrogens (tertiary/aromatic N) is 3. The van der Waals surface area contributed by atoms with Gasteiger partial charge in [-0.1, -0.05) is 23.7 Å². The highest BCUT2D eigenvalue weighted by Gasteiger charge is 2.15. The molecule has 7 nitrogen and oxygen atoms in total. The van der Waals surface area contributed by atoms with Gasteiger partial charge in [-0.2, -0.15) is 10.2 Å². The second kappa shape index (κ2) is 6.74. The Bertz CT molecular complexity index is 1150. The number of aromatic amines is 1. The Morgan fingerprint density at radius 3 is 2.92 bits per heavy atom. The summed E-state index contributed by atoms with van der Waals surface area (Å²) in [5.74, 6) is 0.0447. The monoisotopic (exact) mass is 385 g/mol. The molecule has 4 rings (SSSR count). The number of anilines is 1. The molecule has 0 saturated heterocycles. The van der Waals surface area contributed by atoms with Crippen LogP contribution in [0.5, 0.6) is 0 Å². The van der Waals surface area contributed by atoms with Gasteiger partial charge < -0.3 is 5.32 Å². The highest BCUT2D eigenvalue weighted by molar-refractivity contribution is 7.13. The topological polar surface area (TPSA) is 92.2 Å². The van der Waals surface area contributed by atoms with E-state index >= 15 is 0 Å². The van der Waals surface area contributed by atoms with Crippen LogP contribution in [0.25, 0.3) is 16.1 Å². The molecule has 0 aliphatic rings. The van der Waals surface area contributed by atoms with Crippen LogP contribution in [0.15, 0.2) is 52.6 Å². The molecular weight excluding hydrogens is 374 g/mol. The SMILES string of the molecule is O=C(Cc1n[nH]c(=O)c2cc(-c3cccs3)nn12)Nc1cccc(Cl)c1. The molecule has 0 atom stereocenters. The number of hydrogen-bond acceptors (Lipinski definition) is 5. The molecule has 26 heavy (non-hydrogen) atoms. The lowest BCUT2D eigenvalue weighted by atomic mass is 10.3. The molecule has 0 saturated carbocycles. The van der Waals surface area contributed by atoms with E-state index < -0.39 is 0 Å². The molecule has 1 amide bonds. The molecule has 130 valence electrons. The molecule has 9 heteroatoms. The van der Waals surface area contributed by atoms with Crippen molar-refractivity contribution < 1.29 is 4.79 Å². The van der Waals surface area contributed by atoms with Gasteiger partial charge in [0.2, 0.25) is 5.91 Å². The third-order valence-corrected chi connectivity index (χ3v) is 4.80. The lowest BCUT2D eigenvalue weighted by molar-refractivity contribution is -0.115. The molecule has 0 aliphatic carbocycles. The third-order valence-electron chi connectivity index (χ3n) is 3.67. The third kappa shape index (κ3) is 3.24. The number of carbonyl (C=O) groups is 1. The van der Waals surface area contributed by atoms with Crippen LogP contribution in [0.3, 0.4) is 0 Å². The normalized spacial score (nSPS) is 11.0. The maximum atomic E-state index is 12.3. The molecule has 4 aromatic rings. The van der Waals surface area contributed by atoms with Gasteiger partial charge in [-0.15, -0.1) is 11.3 Å². The minimum atomic E-state index is -0.362. The summed E-state index contributed by atoms with van der Waals surface area (Å²) in [5.41, 5.74) is 1.23. The average Bonchev–Trinajstić information content (AvgIpc) is 3.26. The second-order valence-electron chi connectivity index (χ2n) is 5.51. The molecule has 2 N–H and O–H groups in total. The first-order valence-corrected chi connectivity index (χ1v) is 8.92. The average molecular weight is 386 g/mol. The largest absolute Gasteiger partial charge is 0.326 e. The Labute approximate surface area is 156 Å². The summed E-state index contributed by atoms with van der Waals surface area (Å²) in [4.78, 5) is 25.3. The number of hydrogen-bond donors (Lipinski definition) is 2. The van der Waals surface area contributed by atoms with E-state index in [1.165, 1.54) is 15.9 Å². The zero-order valence-electron chi connectivity index (χ0n) is 13.3. The molecular formula is C17H12ClN5O2S. The highest BCUT2D eigenvalue weighted by Crippen LogP contribution is 2.23. The number of benzene rings is 1. The fourth-order valence-electron chi connectivity index (χ4n) is 2.53. The fourth-order valence-corrected chi connectivity index (χ4v) is 3.41. The number of fused-ring (bicyclic) bond motifs is 1. The number of carbonyl (C=O) groups excluding carboxylic acids is 1. The Hall–Kier alpha value is -2.97. The molecule has 0 aliphatic heterocycles. The number of amides is 1. The predicted octanol–water partition coefficient (Wildman–Crippen LogP) is 2.98. The van der Waals surface area contributed by atoms with Crippen LogP contribution >= 0.6 is 22.9 Å². The van der Waals surface area contributed by atoms with E-state index in [2.05, 4.69) is 20.6 Å². The number of thiophene rings is 1. The van der Waals surface area contributed by atoms with Gasteiger partial charge in [-0.3, -0.25) is 9.59 Å². The smallest absolute Gasteiger partial charge is 0.290 e. The van der Waals surface area contributed by atoms with Crippen LogP contribution in [0.1, 0.15) is 5.82 Å². The van der Waals surface area contributed by atoms with Crippen molar-refractivity contribution in [2.75, 3.05) is 5.32 Å². The van der Waals surface area contributed by atoms with Crippen LogP contribution in [0.2, 0.25) is 5.02 Å². The van der Waals surface area contributed by atoms with Crippen LogP contribution in [0.4, 0.5) is 5.69 Å². The maximum Gasteiger partial charge on any atom is 0.290 e. The summed E-state index contributed by atoms with van der Waals surface area (Å²) in [6.45, 7) is 0. The van der Waals surface area contributed by atoms with Crippen molar-refractivity contribution >= 4 is 40.0 Å². The first kappa shape index (κ1) is 16.5. The lowest BCUT2D eigenvalue weighted by Crippen LogP contribution is -2.22. The molecule has 3 heterocycles. The molecule has 0 radical (unpaired) electrons. The molecule has 0 fully saturated rings. The van der Waals surface area contributed by atoms with Gasteiger partial charge in [0, 0.05) is 10.7 Å². The van der Waals surface area contributed by atoms with Gasteiger partial charge in [-0.05, 0) is 35.7 Å². The summed E-state index contributed by atoms with van der Waals surface area (Å²) < 4.78 is 1.41. The number of rotatable bonds is 4. The second-order valence-corrected chi connectivity index (χ2v) is 6.89. The van der Waals surface area contributed by atoms with Crippen molar-refractivity contribution in [3.8, 4) is 10.6 Å². The Kier molecular flexibility index (Phi) is 4.27.